The monoisotopic (exact) mass is 137 g/mol. The number of hydrogen-bond acceptors (Lipinski definition) is 1. The predicted molar refractivity (Wildman–Crippen MR) is 38.4 cm³/mol. The molecule has 0 N–H and O–H groups in total. The predicted octanol–water partition coefficient (Wildman–Crippen LogP) is 2.35. The first kappa shape index (κ1) is 6.30. The fourth-order valence-electron chi connectivity index (χ4n) is 0.507. The van der Waals surface area contributed by atoms with Crippen LogP contribution in [0.4, 0.5) is 5.69 Å². The lowest BCUT2D eigenvalue weighted by molar-refractivity contribution is 1.55. The van der Waals surface area contributed by atoms with Gasteiger partial charge in [-0.3, -0.25) is 4.99 Å². The van der Waals surface area contributed by atoms with Crippen LogP contribution in [0.1, 0.15) is 0 Å². The molecule has 9 heavy (non-hydrogen) atoms. The Morgan fingerprint density at radius 1 is 1.67 bits per heavy atom. The summed E-state index contributed by atoms with van der Waals surface area (Å²) in [4.78, 5) is 3.42. The van der Waals surface area contributed by atoms with E-state index < -0.39 is 0 Å². The van der Waals surface area contributed by atoms with Crippen LogP contribution in [0.25, 0.3) is 0 Å². The molecule has 2 radical (unpaired) electrons. The smallest absolute Gasteiger partial charge is 0.0816 e. The summed E-state index contributed by atoms with van der Waals surface area (Å²) in [6, 6.07) is 7.81. The summed E-state index contributed by atoms with van der Waals surface area (Å²) in [5, 5.41) is 0.528. The van der Waals surface area contributed by atoms with E-state index >= 15 is 0 Å². The van der Waals surface area contributed by atoms with E-state index in [0.29, 0.717) is 10.7 Å². The third kappa shape index (κ3) is 1.30. The molecule has 0 aromatic heterocycles. The molecule has 1 rings (SSSR count). The Balaban J connectivity index is 3.15. The average molecular weight is 138 g/mol. The topological polar surface area (TPSA) is 12.4 Å². The second-order valence-electron chi connectivity index (χ2n) is 1.51. The second kappa shape index (κ2) is 2.65. The molecule has 0 spiro atoms. The van der Waals surface area contributed by atoms with Crippen molar-refractivity contribution in [2.24, 2.45) is 4.99 Å². The van der Waals surface area contributed by atoms with Crippen molar-refractivity contribution < 1.29 is 0 Å². The zero-order valence-corrected chi connectivity index (χ0v) is 5.39. The van der Waals surface area contributed by atoms with Crippen LogP contribution < -0.4 is 0 Å². The highest BCUT2D eigenvalue weighted by Crippen LogP contribution is 2.21. The Kier molecular flexibility index (Phi) is 1.85. The van der Waals surface area contributed by atoms with E-state index in [0.717, 1.165) is 0 Å². The van der Waals surface area contributed by atoms with Gasteiger partial charge in [0.1, 0.15) is 0 Å². The molecule has 0 atom stereocenters. The van der Waals surface area contributed by atoms with E-state index in [4.69, 9.17) is 18.3 Å². The van der Waals surface area contributed by atoms with E-state index in [-0.39, 0.29) is 0 Å². The molecule has 0 amide bonds. The molecule has 0 bridgehead atoms. The lowest BCUT2D eigenvalue weighted by Crippen LogP contribution is -1.64. The molecule has 0 unspecified atom stereocenters. The van der Waals surface area contributed by atoms with Crippen molar-refractivity contribution in [1.82, 2.24) is 0 Å². The summed E-state index contributed by atoms with van der Waals surface area (Å²) in [6.45, 7) is 4.98. The van der Waals surface area contributed by atoms with E-state index in [1.807, 2.05) is 0 Å². The first-order chi connectivity index (χ1) is 4.34. The Hall–Kier alpha value is -0.820. The van der Waals surface area contributed by atoms with Crippen LogP contribution in [-0.4, -0.2) is 6.72 Å². The molecular weight excluding hydrogens is 134 g/mol. The Morgan fingerprint density at radius 2 is 2.44 bits per heavy atom. The summed E-state index contributed by atoms with van der Waals surface area (Å²) in [5.41, 5.74) is 0.593. The second-order valence-corrected chi connectivity index (χ2v) is 1.91. The van der Waals surface area contributed by atoms with Crippen LogP contribution >= 0.6 is 11.6 Å². The highest BCUT2D eigenvalue weighted by atomic mass is 35.5. The van der Waals surface area contributed by atoms with Crippen LogP contribution in [0.2, 0.25) is 5.02 Å². The quantitative estimate of drug-likeness (QED) is 0.527. The molecule has 0 saturated carbocycles. The van der Waals surface area contributed by atoms with Crippen LogP contribution in [-0.2, 0) is 0 Å². The minimum atomic E-state index is 0.528. The summed E-state index contributed by atoms with van der Waals surface area (Å²) < 4.78 is 0. The number of aliphatic imine (C=N–C) groups is 1. The van der Waals surface area contributed by atoms with Gasteiger partial charge in [-0.25, -0.2) is 0 Å². The van der Waals surface area contributed by atoms with Crippen molar-refractivity contribution in [2.45, 2.75) is 0 Å². The molecule has 44 valence electrons. The highest BCUT2D eigenvalue weighted by molar-refractivity contribution is 6.32. The van der Waals surface area contributed by atoms with Gasteiger partial charge < -0.3 is 0 Å². The van der Waals surface area contributed by atoms with Crippen LogP contribution in [0.15, 0.2) is 23.2 Å². The molecule has 1 aromatic carbocycles. The van der Waals surface area contributed by atoms with E-state index in [1.165, 1.54) is 0 Å². The van der Waals surface area contributed by atoms with Crippen LogP contribution in [0.3, 0.4) is 0 Å². The van der Waals surface area contributed by atoms with Gasteiger partial charge in [0.2, 0.25) is 0 Å². The van der Waals surface area contributed by atoms with E-state index in [2.05, 4.69) is 11.1 Å². The third-order valence-electron chi connectivity index (χ3n) is 0.931. The van der Waals surface area contributed by atoms with Crippen LogP contribution in [0.5, 0.6) is 0 Å². The first-order valence-electron chi connectivity index (χ1n) is 2.41. The van der Waals surface area contributed by atoms with Gasteiger partial charge in [-0.1, -0.05) is 17.7 Å². The molecule has 0 aliphatic rings. The zero-order valence-electron chi connectivity index (χ0n) is 4.63. The zero-order chi connectivity index (χ0) is 6.69. The standard InChI is InChI=1S/C7H4ClN/c1-9-7-5-3-2-4-6(7)8/h1,3-5H. The molecule has 0 aliphatic heterocycles. The number of nitrogens with zero attached hydrogens (tertiary/aromatic N) is 1. The lowest BCUT2D eigenvalue weighted by Gasteiger charge is -1.91. The summed E-state index contributed by atoms with van der Waals surface area (Å²) in [5.74, 6) is 0. The normalized spacial score (nSPS) is 9.00. The fourth-order valence-corrected chi connectivity index (χ4v) is 0.681. The van der Waals surface area contributed by atoms with E-state index in [9.17, 15) is 0 Å². The van der Waals surface area contributed by atoms with Gasteiger partial charge in [0, 0.05) is 6.72 Å². The van der Waals surface area contributed by atoms with E-state index in [1.54, 1.807) is 18.2 Å². The maximum Gasteiger partial charge on any atom is 0.0816 e. The van der Waals surface area contributed by atoms with Gasteiger partial charge in [0.15, 0.2) is 0 Å². The number of hydrogen-bond donors (Lipinski definition) is 0. The molecule has 1 nitrogen and oxygen atoms in total. The van der Waals surface area contributed by atoms with Crippen molar-refractivity contribution in [2.75, 3.05) is 0 Å². The van der Waals surface area contributed by atoms with Crippen molar-refractivity contribution in [1.29, 1.82) is 0 Å². The van der Waals surface area contributed by atoms with Gasteiger partial charge in [0.05, 0.1) is 10.7 Å². The summed E-state index contributed by atoms with van der Waals surface area (Å²) in [6.07, 6.45) is 0. The minimum absolute atomic E-state index is 0.528. The van der Waals surface area contributed by atoms with Gasteiger partial charge >= 0.3 is 0 Å². The molecule has 2 heteroatoms. The Labute approximate surface area is 59.0 Å². The van der Waals surface area contributed by atoms with Crippen molar-refractivity contribution in [3.63, 3.8) is 0 Å². The van der Waals surface area contributed by atoms with Crippen molar-refractivity contribution >= 4 is 24.0 Å². The largest absolute Gasteiger partial charge is 0.254 e. The molecular formula is C7H4ClN. The number of rotatable bonds is 1. The molecule has 0 fully saturated rings. The fraction of sp³-hybridized carbons (Fsp3) is 0. The Bertz CT molecular complexity index is 220. The van der Waals surface area contributed by atoms with Crippen LogP contribution in [0, 0.1) is 6.07 Å². The van der Waals surface area contributed by atoms with Crippen molar-refractivity contribution in [3.8, 4) is 0 Å². The highest BCUT2D eigenvalue weighted by Gasteiger charge is 1.91. The Morgan fingerprint density at radius 3 is 2.89 bits per heavy atom. The average Bonchev–Trinajstić information content (AvgIpc) is 1.89. The molecule has 0 saturated heterocycles. The minimum Gasteiger partial charge on any atom is -0.254 e. The van der Waals surface area contributed by atoms with Gasteiger partial charge in [-0.05, 0) is 18.2 Å². The number of halogens is 1. The van der Waals surface area contributed by atoms with Gasteiger partial charge in [-0.2, -0.15) is 0 Å². The van der Waals surface area contributed by atoms with Gasteiger partial charge in [-0.15, -0.1) is 0 Å². The van der Waals surface area contributed by atoms with Crippen molar-refractivity contribution in [3.05, 3.63) is 29.3 Å². The first-order valence-corrected chi connectivity index (χ1v) is 2.79. The maximum atomic E-state index is 5.62. The summed E-state index contributed by atoms with van der Waals surface area (Å²) >= 11 is 5.62. The maximum absolute atomic E-state index is 5.62. The third-order valence-corrected chi connectivity index (χ3v) is 1.23. The SMILES string of the molecule is [CH]=Nc1cc[c]cc1Cl. The molecule has 0 heterocycles. The van der Waals surface area contributed by atoms with Gasteiger partial charge in [0.25, 0.3) is 0 Å². The number of benzene rings is 1. The lowest BCUT2D eigenvalue weighted by atomic mass is 10.3. The summed E-state index contributed by atoms with van der Waals surface area (Å²) in [7, 11) is 0. The molecule has 1 aromatic rings. The molecule has 0 aliphatic carbocycles.